The lowest BCUT2D eigenvalue weighted by atomic mass is 10.2. The van der Waals surface area contributed by atoms with E-state index in [9.17, 15) is 9.18 Å². The van der Waals surface area contributed by atoms with E-state index in [1.54, 1.807) is 36.5 Å². The molecule has 1 heterocycles. The summed E-state index contributed by atoms with van der Waals surface area (Å²) in [5.74, 6) is -0.183. The average Bonchev–Trinajstić information content (AvgIpc) is 3.03. The van der Waals surface area contributed by atoms with Gasteiger partial charge in [-0.15, -0.1) is 0 Å². The maximum Gasteiger partial charge on any atom is 0.255 e. The van der Waals surface area contributed by atoms with Crippen LogP contribution in [0.5, 0.6) is 0 Å². The SMILES string of the molecule is O=C(NC1CCCC1)c1cccnc1Nc1ccccc1F. The van der Waals surface area contributed by atoms with E-state index in [1.807, 2.05) is 0 Å². The minimum absolute atomic E-state index is 0.168. The number of carbonyl (C=O) groups is 1. The van der Waals surface area contributed by atoms with Gasteiger partial charge < -0.3 is 10.6 Å². The molecule has 0 atom stereocenters. The molecule has 2 aromatic rings. The summed E-state index contributed by atoms with van der Waals surface area (Å²) in [5.41, 5.74) is 0.730. The molecule has 0 unspecified atom stereocenters. The summed E-state index contributed by atoms with van der Waals surface area (Å²) in [7, 11) is 0. The van der Waals surface area contributed by atoms with E-state index in [2.05, 4.69) is 15.6 Å². The van der Waals surface area contributed by atoms with E-state index in [0.717, 1.165) is 25.7 Å². The van der Waals surface area contributed by atoms with E-state index < -0.39 is 0 Å². The van der Waals surface area contributed by atoms with Gasteiger partial charge in [0.15, 0.2) is 0 Å². The molecule has 1 amide bonds. The number of hydrogen-bond donors (Lipinski definition) is 2. The number of pyridine rings is 1. The summed E-state index contributed by atoms with van der Waals surface area (Å²) < 4.78 is 13.7. The number of carbonyl (C=O) groups excluding carboxylic acids is 1. The van der Waals surface area contributed by atoms with Crippen molar-refractivity contribution in [2.24, 2.45) is 0 Å². The van der Waals surface area contributed by atoms with Crippen LogP contribution < -0.4 is 10.6 Å². The highest BCUT2D eigenvalue weighted by Crippen LogP contribution is 2.22. The number of amides is 1. The van der Waals surface area contributed by atoms with Crippen molar-refractivity contribution in [3.05, 3.63) is 54.0 Å². The summed E-state index contributed by atoms with van der Waals surface area (Å²) in [4.78, 5) is 16.6. The van der Waals surface area contributed by atoms with Gasteiger partial charge in [0.2, 0.25) is 0 Å². The minimum Gasteiger partial charge on any atom is -0.349 e. The molecular weight excluding hydrogens is 281 g/mol. The second-order valence-corrected chi connectivity index (χ2v) is 5.46. The lowest BCUT2D eigenvalue weighted by Crippen LogP contribution is -2.33. The number of halogens is 1. The molecule has 0 bridgehead atoms. The molecule has 5 heteroatoms. The van der Waals surface area contributed by atoms with Crippen LogP contribution in [0.4, 0.5) is 15.9 Å². The van der Waals surface area contributed by atoms with Crippen molar-refractivity contribution in [2.45, 2.75) is 31.7 Å². The normalized spacial score (nSPS) is 14.8. The van der Waals surface area contributed by atoms with Crippen LogP contribution in [0.3, 0.4) is 0 Å². The second-order valence-electron chi connectivity index (χ2n) is 5.46. The molecular formula is C17H18FN3O. The Morgan fingerprint density at radius 3 is 2.68 bits per heavy atom. The topological polar surface area (TPSA) is 54.0 Å². The fourth-order valence-corrected chi connectivity index (χ4v) is 2.71. The van der Waals surface area contributed by atoms with Crippen molar-refractivity contribution < 1.29 is 9.18 Å². The Morgan fingerprint density at radius 2 is 1.91 bits per heavy atom. The lowest BCUT2D eigenvalue weighted by Gasteiger charge is -2.15. The van der Waals surface area contributed by atoms with Gasteiger partial charge in [-0.25, -0.2) is 9.37 Å². The molecule has 0 aliphatic heterocycles. The quantitative estimate of drug-likeness (QED) is 0.906. The van der Waals surface area contributed by atoms with Crippen LogP contribution in [0.25, 0.3) is 0 Å². The molecule has 3 rings (SSSR count). The summed E-state index contributed by atoms with van der Waals surface area (Å²) >= 11 is 0. The van der Waals surface area contributed by atoms with Gasteiger partial charge in [-0.3, -0.25) is 4.79 Å². The molecule has 0 saturated heterocycles. The summed E-state index contributed by atoms with van der Waals surface area (Å²) in [6, 6.07) is 9.95. The Hall–Kier alpha value is -2.43. The van der Waals surface area contributed by atoms with Crippen LogP contribution in [0.1, 0.15) is 36.0 Å². The predicted molar refractivity (Wildman–Crippen MR) is 83.6 cm³/mol. The van der Waals surface area contributed by atoms with Gasteiger partial charge in [0.1, 0.15) is 11.6 Å². The number of para-hydroxylation sites is 1. The lowest BCUT2D eigenvalue weighted by molar-refractivity contribution is 0.0938. The third kappa shape index (κ3) is 3.24. The first-order valence-electron chi connectivity index (χ1n) is 7.51. The van der Waals surface area contributed by atoms with Gasteiger partial charge in [-0.05, 0) is 37.1 Å². The Labute approximate surface area is 128 Å². The number of rotatable bonds is 4. The molecule has 114 valence electrons. The highest BCUT2D eigenvalue weighted by atomic mass is 19.1. The van der Waals surface area contributed by atoms with Crippen molar-refractivity contribution in [3.63, 3.8) is 0 Å². The van der Waals surface area contributed by atoms with Crippen LogP contribution >= 0.6 is 0 Å². The Balaban J connectivity index is 1.80. The number of hydrogen-bond acceptors (Lipinski definition) is 3. The highest BCUT2D eigenvalue weighted by molar-refractivity contribution is 5.99. The Kier molecular flexibility index (Phi) is 4.32. The van der Waals surface area contributed by atoms with Crippen molar-refractivity contribution in [3.8, 4) is 0 Å². The number of benzene rings is 1. The zero-order valence-electron chi connectivity index (χ0n) is 12.2. The fourth-order valence-electron chi connectivity index (χ4n) is 2.71. The van der Waals surface area contributed by atoms with Crippen LogP contribution in [-0.2, 0) is 0 Å². The molecule has 22 heavy (non-hydrogen) atoms. The molecule has 2 N–H and O–H groups in total. The van der Waals surface area contributed by atoms with Crippen molar-refractivity contribution >= 4 is 17.4 Å². The zero-order chi connectivity index (χ0) is 15.4. The van der Waals surface area contributed by atoms with Crippen molar-refractivity contribution in [2.75, 3.05) is 5.32 Å². The van der Waals surface area contributed by atoms with E-state index in [0.29, 0.717) is 17.1 Å². The van der Waals surface area contributed by atoms with Crippen molar-refractivity contribution in [1.29, 1.82) is 0 Å². The fraction of sp³-hybridized carbons (Fsp3) is 0.294. The van der Waals surface area contributed by atoms with Gasteiger partial charge in [-0.1, -0.05) is 25.0 Å². The molecule has 1 aliphatic rings. The van der Waals surface area contributed by atoms with E-state index >= 15 is 0 Å². The maximum absolute atomic E-state index is 13.7. The van der Waals surface area contributed by atoms with E-state index in [4.69, 9.17) is 0 Å². The minimum atomic E-state index is -0.379. The molecule has 1 saturated carbocycles. The Bertz CT molecular complexity index is 668. The molecule has 1 fully saturated rings. The van der Waals surface area contributed by atoms with E-state index in [1.165, 1.54) is 6.07 Å². The molecule has 1 aromatic carbocycles. The molecule has 4 nitrogen and oxygen atoms in total. The van der Waals surface area contributed by atoms with Gasteiger partial charge in [0.25, 0.3) is 5.91 Å². The number of nitrogens with one attached hydrogen (secondary N) is 2. The van der Waals surface area contributed by atoms with Gasteiger partial charge >= 0.3 is 0 Å². The molecule has 1 aromatic heterocycles. The second kappa shape index (κ2) is 6.56. The van der Waals surface area contributed by atoms with Gasteiger partial charge in [0, 0.05) is 12.2 Å². The number of anilines is 2. The van der Waals surface area contributed by atoms with Crippen LogP contribution in [-0.4, -0.2) is 16.9 Å². The zero-order valence-corrected chi connectivity index (χ0v) is 12.2. The smallest absolute Gasteiger partial charge is 0.255 e. The molecule has 0 radical (unpaired) electrons. The summed E-state index contributed by atoms with van der Waals surface area (Å²) in [6.45, 7) is 0. The van der Waals surface area contributed by atoms with Gasteiger partial charge in [0.05, 0.1) is 11.3 Å². The van der Waals surface area contributed by atoms with Crippen molar-refractivity contribution in [1.82, 2.24) is 10.3 Å². The third-order valence-corrected chi connectivity index (χ3v) is 3.87. The highest BCUT2D eigenvalue weighted by Gasteiger charge is 2.20. The standard InChI is InChI=1S/C17H18FN3O/c18-14-9-3-4-10-15(14)21-16-13(8-5-11-19-16)17(22)20-12-6-1-2-7-12/h3-5,8-12H,1-2,6-7H2,(H,19,21)(H,20,22). The molecule has 0 spiro atoms. The largest absolute Gasteiger partial charge is 0.349 e. The van der Waals surface area contributed by atoms with Crippen LogP contribution in [0.2, 0.25) is 0 Å². The Morgan fingerprint density at radius 1 is 1.14 bits per heavy atom. The van der Waals surface area contributed by atoms with Crippen LogP contribution in [0.15, 0.2) is 42.6 Å². The predicted octanol–water partition coefficient (Wildman–Crippen LogP) is 3.64. The average molecular weight is 299 g/mol. The monoisotopic (exact) mass is 299 g/mol. The first kappa shape index (κ1) is 14.5. The van der Waals surface area contributed by atoms with E-state index in [-0.39, 0.29) is 17.8 Å². The van der Waals surface area contributed by atoms with Gasteiger partial charge in [-0.2, -0.15) is 0 Å². The summed E-state index contributed by atoms with van der Waals surface area (Å²) in [6.07, 6.45) is 5.91. The third-order valence-electron chi connectivity index (χ3n) is 3.87. The van der Waals surface area contributed by atoms with Crippen LogP contribution in [0, 0.1) is 5.82 Å². The number of aromatic nitrogens is 1. The number of nitrogens with zero attached hydrogens (tertiary/aromatic N) is 1. The summed E-state index contributed by atoms with van der Waals surface area (Å²) in [5, 5.41) is 5.92. The maximum atomic E-state index is 13.7. The molecule has 1 aliphatic carbocycles. The first-order valence-corrected chi connectivity index (χ1v) is 7.51. The first-order chi connectivity index (χ1) is 10.7.